The summed E-state index contributed by atoms with van der Waals surface area (Å²) in [5.41, 5.74) is 13.0. The van der Waals surface area contributed by atoms with Gasteiger partial charge in [0.05, 0.1) is 28.5 Å². The number of benzene rings is 1. The summed E-state index contributed by atoms with van der Waals surface area (Å²) >= 11 is 0. The zero-order chi connectivity index (χ0) is 23.3. The SMILES string of the molecule is C=C(NCC)c1[nH]c(C2=N/C(=C(\CNCC)c3ccccc3)C(CC)=C2C)c(C)c1CC. The van der Waals surface area contributed by atoms with E-state index in [9.17, 15) is 0 Å². The van der Waals surface area contributed by atoms with Crippen molar-refractivity contribution < 1.29 is 0 Å². The predicted octanol–water partition coefficient (Wildman–Crippen LogP) is 6.02. The lowest BCUT2D eigenvalue weighted by atomic mass is 9.95. The number of likely N-dealkylation sites (N-methyl/N-ethyl adjacent to an activating group) is 1. The molecule has 1 aliphatic rings. The molecule has 0 spiro atoms. The van der Waals surface area contributed by atoms with Crippen molar-refractivity contribution in [3.8, 4) is 0 Å². The molecule has 170 valence electrons. The summed E-state index contributed by atoms with van der Waals surface area (Å²) in [6, 6.07) is 10.6. The van der Waals surface area contributed by atoms with Gasteiger partial charge in [-0.3, -0.25) is 0 Å². The molecule has 0 fully saturated rings. The molecule has 4 heteroatoms. The number of nitrogens with one attached hydrogen (secondary N) is 3. The van der Waals surface area contributed by atoms with Crippen LogP contribution in [-0.4, -0.2) is 30.3 Å². The number of rotatable bonds is 10. The van der Waals surface area contributed by atoms with Crippen molar-refractivity contribution in [3.05, 3.63) is 81.8 Å². The van der Waals surface area contributed by atoms with Gasteiger partial charge in [-0.15, -0.1) is 0 Å². The van der Waals surface area contributed by atoms with Crippen molar-refractivity contribution >= 4 is 17.0 Å². The van der Waals surface area contributed by atoms with Crippen LogP contribution in [0.3, 0.4) is 0 Å². The molecule has 1 aliphatic heterocycles. The lowest BCUT2D eigenvalue weighted by Gasteiger charge is -2.13. The number of hydrogen-bond donors (Lipinski definition) is 3. The van der Waals surface area contributed by atoms with Crippen LogP contribution < -0.4 is 10.6 Å². The number of aromatic nitrogens is 1. The van der Waals surface area contributed by atoms with Crippen molar-refractivity contribution in [2.24, 2.45) is 4.99 Å². The molecular formula is C28H38N4. The number of H-pyrrole nitrogens is 1. The third kappa shape index (κ3) is 4.51. The van der Waals surface area contributed by atoms with Gasteiger partial charge < -0.3 is 15.6 Å². The highest BCUT2D eigenvalue weighted by atomic mass is 14.9. The lowest BCUT2D eigenvalue weighted by Crippen LogP contribution is -2.16. The molecular weight excluding hydrogens is 392 g/mol. The highest BCUT2D eigenvalue weighted by Gasteiger charge is 2.27. The second-order valence-electron chi connectivity index (χ2n) is 8.23. The molecule has 0 amide bonds. The second kappa shape index (κ2) is 10.6. The fraction of sp³-hybridized carbons (Fsp3) is 0.393. The zero-order valence-electron chi connectivity index (χ0n) is 20.6. The molecule has 4 nitrogen and oxygen atoms in total. The number of aromatic amines is 1. The first-order valence-electron chi connectivity index (χ1n) is 11.9. The smallest absolute Gasteiger partial charge is 0.0907 e. The fourth-order valence-electron chi connectivity index (χ4n) is 4.59. The van der Waals surface area contributed by atoms with Crippen LogP contribution in [0.5, 0.6) is 0 Å². The minimum absolute atomic E-state index is 0.801. The second-order valence-corrected chi connectivity index (χ2v) is 8.23. The van der Waals surface area contributed by atoms with E-state index in [1.807, 2.05) is 0 Å². The number of allylic oxidation sites excluding steroid dienone is 2. The summed E-state index contributed by atoms with van der Waals surface area (Å²) in [5, 5.41) is 6.90. The van der Waals surface area contributed by atoms with Crippen molar-refractivity contribution in [3.63, 3.8) is 0 Å². The zero-order valence-corrected chi connectivity index (χ0v) is 20.6. The largest absolute Gasteiger partial charge is 0.384 e. The quantitative estimate of drug-likeness (QED) is 0.432. The van der Waals surface area contributed by atoms with Gasteiger partial charge in [0.2, 0.25) is 0 Å². The maximum atomic E-state index is 5.28. The van der Waals surface area contributed by atoms with Crippen LogP contribution in [0.2, 0.25) is 0 Å². The normalized spacial score (nSPS) is 15.2. The molecule has 3 N–H and O–H groups in total. The minimum Gasteiger partial charge on any atom is -0.384 e. The van der Waals surface area contributed by atoms with E-state index in [1.54, 1.807) is 0 Å². The Labute approximate surface area is 193 Å². The van der Waals surface area contributed by atoms with Gasteiger partial charge in [0, 0.05) is 13.1 Å². The number of hydrogen-bond acceptors (Lipinski definition) is 3. The molecule has 0 bridgehead atoms. The Bertz CT molecular complexity index is 1060. The monoisotopic (exact) mass is 430 g/mol. The van der Waals surface area contributed by atoms with Crippen LogP contribution in [-0.2, 0) is 6.42 Å². The van der Waals surface area contributed by atoms with Crippen molar-refractivity contribution in [1.82, 2.24) is 15.6 Å². The number of aliphatic imine (C=N–C) groups is 1. The molecule has 2 aromatic rings. The standard InChI is InChI=1S/C28H38N4/c1-8-22-18(5)25(31-27(22)20(7)30-11-4)26-19(6)23(9-2)28(32-26)24(17-29-10-3)21-15-13-12-14-16-21/h12-16,29-31H,7-11,17H2,1-6H3/b28-24+. The van der Waals surface area contributed by atoms with Crippen molar-refractivity contribution in [1.29, 1.82) is 0 Å². The fourth-order valence-corrected chi connectivity index (χ4v) is 4.59. The molecule has 2 heterocycles. The van der Waals surface area contributed by atoms with E-state index < -0.39 is 0 Å². The summed E-state index contributed by atoms with van der Waals surface area (Å²) in [5.74, 6) is 0. The van der Waals surface area contributed by atoms with E-state index in [2.05, 4.69) is 94.1 Å². The number of nitrogens with zero attached hydrogens (tertiary/aromatic N) is 1. The van der Waals surface area contributed by atoms with E-state index in [4.69, 9.17) is 4.99 Å². The van der Waals surface area contributed by atoms with Crippen LogP contribution in [0.4, 0.5) is 0 Å². The van der Waals surface area contributed by atoms with Gasteiger partial charge in [-0.1, -0.05) is 57.7 Å². The summed E-state index contributed by atoms with van der Waals surface area (Å²) in [6.07, 6.45) is 1.91. The van der Waals surface area contributed by atoms with Gasteiger partial charge >= 0.3 is 0 Å². The Balaban J connectivity index is 2.20. The molecule has 0 saturated heterocycles. The Morgan fingerprint density at radius 2 is 1.72 bits per heavy atom. The first-order chi connectivity index (χ1) is 15.5. The van der Waals surface area contributed by atoms with Crippen LogP contribution in [0.25, 0.3) is 11.3 Å². The van der Waals surface area contributed by atoms with Crippen LogP contribution in [0, 0.1) is 6.92 Å². The van der Waals surface area contributed by atoms with Gasteiger partial charge in [-0.05, 0) is 73.6 Å². The Kier molecular flexibility index (Phi) is 7.92. The van der Waals surface area contributed by atoms with Crippen molar-refractivity contribution in [2.45, 2.75) is 54.4 Å². The molecule has 1 aromatic carbocycles. The third-order valence-electron chi connectivity index (χ3n) is 6.29. The van der Waals surface area contributed by atoms with E-state index in [-0.39, 0.29) is 0 Å². The molecule has 0 radical (unpaired) electrons. The van der Waals surface area contributed by atoms with Crippen LogP contribution >= 0.6 is 0 Å². The third-order valence-corrected chi connectivity index (χ3v) is 6.29. The molecule has 1 aromatic heterocycles. The van der Waals surface area contributed by atoms with Crippen molar-refractivity contribution in [2.75, 3.05) is 19.6 Å². The van der Waals surface area contributed by atoms with E-state index in [1.165, 1.54) is 33.4 Å². The highest BCUT2D eigenvalue weighted by Crippen LogP contribution is 2.37. The molecule has 32 heavy (non-hydrogen) atoms. The molecule has 0 aliphatic carbocycles. The Morgan fingerprint density at radius 1 is 1.00 bits per heavy atom. The summed E-state index contributed by atoms with van der Waals surface area (Å²) < 4.78 is 0. The van der Waals surface area contributed by atoms with Gasteiger partial charge in [-0.25, -0.2) is 4.99 Å². The van der Waals surface area contributed by atoms with Gasteiger partial charge in [0.25, 0.3) is 0 Å². The topological polar surface area (TPSA) is 52.2 Å². The highest BCUT2D eigenvalue weighted by molar-refractivity contribution is 6.16. The molecule has 0 unspecified atom stereocenters. The van der Waals surface area contributed by atoms with Gasteiger partial charge in [0.1, 0.15) is 0 Å². The molecule has 0 atom stereocenters. The lowest BCUT2D eigenvalue weighted by molar-refractivity contribution is 0.804. The molecule has 0 saturated carbocycles. The maximum Gasteiger partial charge on any atom is 0.0907 e. The Hall–Kier alpha value is -2.85. The van der Waals surface area contributed by atoms with E-state index >= 15 is 0 Å². The van der Waals surface area contributed by atoms with Crippen LogP contribution in [0.15, 0.2) is 58.7 Å². The molecule has 3 rings (SSSR count). The van der Waals surface area contributed by atoms with Gasteiger partial charge in [0.15, 0.2) is 0 Å². The average molecular weight is 431 g/mol. The summed E-state index contributed by atoms with van der Waals surface area (Å²) in [6.45, 7) is 19.9. The predicted molar refractivity (Wildman–Crippen MR) is 139 cm³/mol. The maximum absolute atomic E-state index is 5.28. The summed E-state index contributed by atoms with van der Waals surface area (Å²) in [4.78, 5) is 8.96. The van der Waals surface area contributed by atoms with Crippen LogP contribution in [0.1, 0.15) is 69.1 Å². The first kappa shape index (κ1) is 23.8. The Morgan fingerprint density at radius 3 is 2.31 bits per heavy atom. The average Bonchev–Trinajstić information content (AvgIpc) is 3.30. The minimum atomic E-state index is 0.801. The first-order valence-corrected chi connectivity index (χ1v) is 11.9. The summed E-state index contributed by atoms with van der Waals surface area (Å²) in [7, 11) is 0. The van der Waals surface area contributed by atoms with E-state index in [0.29, 0.717) is 0 Å². The van der Waals surface area contributed by atoms with Gasteiger partial charge in [-0.2, -0.15) is 0 Å². The van der Waals surface area contributed by atoms with E-state index in [0.717, 1.165) is 61.0 Å².